The predicted octanol–water partition coefficient (Wildman–Crippen LogP) is 1.09. The summed E-state index contributed by atoms with van der Waals surface area (Å²) in [6.07, 6.45) is 0. The third-order valence-corrected chi connectivity index (χ3v) is 2.41. The molecule has 0 bridgehead atoms. The highest BCUT2D eigenvalue weighted by atomic mass is 32.1. The second kappa shape index (κ2) is 4.25. The summed E-state index contributed by atoms with van der Waals surface area (Å²) in [4.78, 5) is 11.9. The molecule has 13 heavy (non-hydrogen) atoms. The molecule has 0 saturated carbocycles. The van der Waals surface area contributed by atoms with Crippen molar-refractivity contribution in [1.29, 1.82) is 0 Å². The van der Waals surface area contributed by atoms with Gasteiger partial charge in [0.25, 0.3) is 0 Å². The molecule has 0 aromatic carbocycles. The van der Waals surface area contributed by atoms with Gasteiger partial charge in [-0.25, -0.2) is 4.79 Å². The SMILES string of the molecule is Cc1cc(OCCN)c(C(=O)O)s1. The van der Waals surface area contributed by atoms with Crippen LogP contribution in [0.3, 0.4) is 0 Å². The molecular weight excluding hydrogens is 190 g/mol. The van der Waals surface area contributed by atoms with Gasteiger partial charge < -0.3 is 15.6 Å². The van der Waals surface area contributed by atoms with Gasteiger partial charge in [-0.3, -0.25) is 0 Å². The van der Waals surface area contributed by atoms with E-state index < -0.39 is 5.97 Å². The van der Waals surface area contributed by atoms with Crippen LogP contribution in [-0.4, -0.2) is 24.2 Å². The fourth-order valence-electron chi connectivity index (χ4n) is 0.916. The van der Waals surface area contributed by atoms with Crippen LogP contribution in [0.4, 0.5) is 0 Å². The van der Waals surface area contributed by atoms with Gasteiger partial charge in [-0.15, -0.1) is 11.3 Å². The zero-order valence-electron chi connectivity index (χ0n) is 7.24. The number of carboxylic acid groups (broad SMARTS) is 1. The monoisotopic (exact) mass is 201 g/mol. The molecule has 0 atom stereocenters. The average Bonchev–Trinajstić information content (AvgIpc) is 2.43. The largest absolute Gasteiger partial charge is 0.490 e. The molecule has 0 aliphatic carbocycles. The highest BCUT2D eigenvalue weighted by Crippen LogP contribution is 2.28. The molecule has 0 amide bonds. The number of hydrogen-bond donors (Lipinski definition) is 2. The van der Waals surface area contributed by atoms with Crippen LogP contribution in [-0.2, 0) is 0 Å². The topological polar surface area (TPSA) is 72.5 Å². The van der Waals surface area contributed by atoms with Gasteiger partial charge in [-0.1, -0.05) is 0 Å². The molecule has 1 aromatic heterocycles. The smallest absolute Gasteiger partial charge is 0.349 e. The molecule has 4 nitrogen and oxygen atoms in total. The Morgan fingerprint density at radius 3 is 3.00 bits per heavy atom. The van der Waals surface area contributed by atoms with E-state index in [1.165, 1.54) is 11.3 Å². The van der Waals surface area contributed by atoms with Crippen LogP contribution in [0.2, 0.25) is 0 Å². The second-order valence-electron chi connectivity index (χ2n) is 2.49. The Bertz CT molecular complexity index is 308. The van der Waals surface area contributed by atoms with E-state index in [-0.39, 0.29) is 4.88 Å². The quantitative estimate of drug-likeness (QED) is 0.764. The van der Waals surface area contributed by atoms with Crippen LogP contribution < -0.4 is 10.5 Å². The Labute approximate surface area is 79.9 Å². The summed E-state index contributed by atoms with van der Waals surface area (Å²) >= 11 is 1.21. The minimum absolute atomic E-state index is 0.242. The van der Waals surface area contributed by atoms with Gasteiger partial charge in [0.1, 0.15) is 12.4 Å². The second-order valence-corrected chi connectivity index (χ2v) is 3.75. The van der Waals surface area contributed by atoms with Gasteiger partial charge in [0.2, 0.25) is 0 Å². The molecule has 0 spiro atoms. The average molecular weight is 201 g/mol. The number of nitrogens with two attached hydrogens (primary N) is 1. The molecule has 0 aliphatic heterocycles. The molecular formula is C8H11NO3S. The Morgan fingerprint density at radius 1 is 1.77 bits per heavy atom. The maximum absolute atomic E-state index is 10.7. The third-order valence-electron chi connectivity index (χ3n) is 1.39. The first-order valence-corrected chi connectivity index (χ1v) is 4.63. The van der Waals surface area contributed by atoms with E-state index >= 15 is 0 Å². The van der Waals surface area contributed by atoms with E-state index in [1.807, 2.05) is 6.92 Å². The van der Waals surface area contributed by atoms with Crippen LogP contribution in [0.5, 0.6) is 5.75 Å². The van der Waals surface area contributed by atoms with Crippen LogP contribution in [0.25, 0.3) is 0 Å². The first-order chi connectivity index (χ1) is 6.15. The Morgan fingerprint density at radius 2 is 2.46 bits per heavy atom. The number of carbonyl (C=O) groups is 1. The lowest BCUT2D eigenvalue weighted by Crippen LogP contribution is -2.11. The van der Waals surface area contributed by atoms with Crippen LogP contribution in [0.1, 0.15) is 14.5 Å². The van der Waals surface area contributed by atoms with E-state index in [4.69, 9.17) is 15.6 Å². The van der Waals surface area contributed by atoms with Crippen molar-refractivity contribution in [2.45, 2.75) is 6.92 Å². The third kappa shape index (κ3) is 2.43. The van der Waals surface area contributed by atoms with Crippen molar-refractivity contribution < 1.29 is 14.6 Å². The molecule has 0 saturated heterocycles. The Hall–Kier alpha value is -1.07. The number of rotatable bonds is 4. The fraction of sp³-hybridized carbons (Fsp3) is 0.375. The van der Waals surface area contributed by atoms with Crippen LogP contribution in [0, 0.1) is 6.92 Å². The summed E-state index contributed by atoms with van der Waals surface area (Å²) in [5, 5.41) is 8.78. The number of thiophene rings is 1. The molecule has 0 radical (unpaired) electrons. The number of aryl methyl sites for hydroxylation is 1. The fourth-order valence-corrected chi connectivity index (χ4v) is 1.71. The summed E-state index contributed by atoms with van der Waals surface area (Å²) < 4.78 is 5.17. The maximum atomic E-state index is 10.7. The normalized spacial score (nSPS) is 10.0. The van der Waals surface area contributed by atoms with E-state index in [9.17, 15) is 4.79 Å². The highest BCUT2D eigenvalue weighted by Gasteiger charge is 2.14. The van der Waals surface area contributed by atoms with Crippen molar-refractivity contribution in [3.05, 3.63) is 15.8 Å². The number of aromatic carboxylic acids is 1. The Kier molecular flexibility index (Phi) is 3.27. The first-order valence-electron chi connectivity index (χ1n) is 3.81. The molecule has 3 N–H and O–H groups in total. The molecule has 0 fully saturated rings. The van der Waals surface area contributed by atoms with Crippen molar-refractivity contribution in [3.8, 4) is 5.75 Å². The van der Waals surface area contributed by atoms with E-state index in [2.05, 4.69) is 0 Å². The molecule has 0 aliphatic rings. The standard InChI is InChI=1S/C8H11NO3S/c1-5-4-6(12-3-2-9)7(13-5)8(10)11/h4H,2-3,9H2,1H3,(H,10,11). The molecule has 72 valence electrons. The summed E-state index contributed by atoms with van der Waals surface area (Å²) in [5.41, 5.74) is 5.24. The highest BCUT2D eigenvalue weighted by molar-refractivity contribution is 7.14. The van der Waals surface area contributed by atoms with Gasteiger partial charge in [-0.05, 0) is 13.0 Å². The van der Waals surface area contributed by atoms with Crippen molar-refractivity contribution >= 4 is 17.3 Å². The van der Waals surface area contributed by atoms with Gasteiger partial charge in [0.15, 0.2) is 4.88 Å². The minimum atomic E-state index is -0.954. The lowest BCUT2D eigenvalue weighted by molar-refractivity contribution is 0.0698. The molecule has 5 heteroatoms. The van der Waals surface area contributed by atoms with Crippen LogP contribution in [0.15, 0.2) is 6.07 Å². The Balaban J connectivity index is 2.84. The maximum Gasteiger partial charge on any atom is 0.349 e. The zero-order valence-corrected chi connectivity index (χ0v) is 8.06. The van der Waals surface area contributed by atoms with Crippen LogP contribution >= 0.6 is 11.3 Å². The molecule has 1 heterocycles. The van der Waals surface area contributed by atoms with Gasteiger partial charge in [0.05, 0.1) is 0 Å². The lowest BCUT2D eigenvalue weighted by atomic mass is 10.4. The van der Waals surface area contributed by atoms with Crippen molar-refractivity contribution in [2.75, 3.05) is 13.2 Å². The summed E-state index contributed by atoms with van der Waals surface area (Å²) in [7, 11) is 0. The van der Waals surface area contributed by atoms with Gasteiger partial charge in [0, 0.05) is 11.4 Å². The lowest BCUT2D eigenvalue weighted by Gasteiger charge is -2.01. The minimum Gasteiger partial charge on any atom is -0.490 e. The summed E-state index contributed by atoms with van der Waals surface area (Å²) in [6, 6.07) is 1.71. The van der Waals surface area contributed by atoms with Crippen molar-refractivity contribution in [2.24, 2.45) is 5.73 Å². The molecule has 1 rings (SSSR count). The van der Waals surface area contributed by atoms with Gasteiger partial charge >= 0.3 is 5.97 Å². The zero-order chi connectivity index (χ0) is 9.84. The van der Waals surface area contributed by atoms with Crippen molar-refractivity contribution in [1.82, 2.24) is 0 Å². The van der Waals surface area contributed by atoms with Crippen molar-refractivity contribution in [3.63, 3.8) is 0 Å². The van der Waals surface area contributed by atoms with E-state index in [1.54, 1.807) is 6.07 Å². The molecule has 1 aromatic rings. The number of hydrogen-bond acceptors (Lipinski definition) is 4. The number of carboxylic acids is 1. The summed E-state index contributed by atoms with van der Waals surface area (Å²) in [5.74, 6) is -0.537. The predicted molar refractivity (Wildman–Crippen MR) is 50.6 cm³/mol. The molecule has 0 unspecified atom stereocenters. The summed E-state index contributed by atoms with van der Waals surface area (Å²) in [6.45, 7) is 2.57. The van der Waals surface area contributed by atoms with E-state index in [0.29, 0.717) is 18.9 Å². The first kappa shape index (κ1) is 10.0. The number of ether oxygens (including phenoxy) is 1. The van der Waals surface area contributed by atoms with E-state index in [0.717, 1.165) is 4.88 Å². The van der Waals surface area contributed by atoms with Gasteiger partial charge in [-0.2, -0.15) is 0 Å².